The van der Waals surface area contributed by atoms with Crippen molar-refractivity contribution in [3.05, 3.63) is 17.1 Å². The van der Waals surface area contributed by atoms with Gasteiger partial charge in [-0.15, -0.1) is 0 Å². The number of nitrogens with one attached hydrogen (secondary N) is 1. The number of ether oxygens (including phenoxy) is 1. The van der Waals surface area contributed by atoms with Crippen LogP contribution in [-0.2, 0) is 13.1 Å². The Hall–Kier alpha value is -1.20. The summed E-state index contributed by atoms with van der Waals surface area (Å²) in [6, 6.07) is 0. The van der Waals surface area contributed by atoms with Crippen LogP contribution in [0.25, 0.3) is 0 Å². The van der Waals surface area contributed by atoms with Gasteiger partial charge in [0.25, 0.3) is 0 Å². The van der Waals surface area contributed by atoms with Gasteiger partial charge in [-0.1, -0.05) is 0 Å². The van der Waals surface area contributed by atoms with Gasteiger partial charge in [-0.25, -0.2) is 4.98 Å². The molecular formula is C12H18N4O. The molecule has 1 N–H and O–H groups in total. The van der Waals surface area contributed by atoms with Crippen LogP contribution in [0.4, 0.5) is 0 Å². The van der Waals surface area contributed by atoms with Crippen LogP contribution in [0.1, 0.15) is 29.4 Å². The van der Waals surface area contributed by atoms with Crippen LogP contribution in [0.3, 0.4) is 0 Å². The molecule has 5 nitrogen and oxygen atoms in total. The first kappa shape index (κ1) is 10.9. The SMILES string of the molecule is COc1nc(C2CCN(C)C2)nc2c1CNC2. The molecule has 1 saturated heterocycles. The fraction of sp³-hybridized carbons (Fsp3) is 0.667. The van der Waals surface area contributed by atoms with E-state index in [1.165, 1.54) is 0 Å². The summed E-state index contributed by atoms with van der Waals surface area (Å²) in [6.45, 7) is 3.84. The first-order chi connectivity index (χ1) is 8.28. The lowest BCUT2D eigenvalue weighted by Gasteiger charge is -2.12. The van der Waals surface area contributed by atoms with Gasteiger partial charge in [0, 0.05) is 25.6 Å². The molecule has 3 heterocycles. The van der Waals surface area contributed by atoms with E-state index < -0.39 is 0 Å². The van der Waals surface area contributed by atoms with Crippen LogP contribution in [0.15, 0.2) is 0 Å². The van der Waals surface area contributed by atoms with E-state index in [1.807, 2.05) is 0 Å². The van der Waals surface area contributed by atoms with E-state index >= 15 is 0 Å². The predicted octanol–water partition coefficient (Wildman–Crippen LogP) is 0.507. The highest BCUT2D eigenvalue weighted by atomic mass is 16.5. The summed E-state index contributed by atoms with van der Waals surface area (Å²) in [6.07, 6.45) is 1.14. The Kier molecular flexibility index (Phi) is 2.72. The van der Waals surface area contributed by atoms with Gasteiger partial charge in [0.15, 0.2) is 0 Å². The van der Waals surface area contributed by atoms with Gasteiger partial charge in [-0.2, -0.15) is 4.98 Å². The van der Waals surface area contributed by atoms with Crippen molar-refractivity contribution in [1.29, 1.82) is 0 Å². The second-order valence-electron chi connectivity index (χ2n) is 4.87. The Balaban J connectivity index is 1.95. The van der Waals surface area contributed by atoms with E-state index in [0.29, 0.717) is 5.92 Å². The fourth-order valence-electron chi connectivity index (χ4n) is 2.65. The number of fused-ring (bicyclic) bond motifs is 1. The molecule has 1 fully saturated rings. The lowest BCUT2D eigenvalue weighted by Crippen LogP contribution is -2.15. The van der Waals surface area contributed by atoms with Crippen molar-refractivity contribution in [2.24, 2.45) is 0 Å². The maximum absolute atomic E-state index is 5.38. The predicted molar refractivity (Wildman–Crippen MR) is 64.0 cm³/mol. The Labute approximate surface area is 101 Å². The zero-order valence-electron chi connectivity index (χ0n) is 10.4. The maximum atomic E-state index is 5.38. The molecule has 1 atom stereocenters. The van der Waals surface area contributed by atoms with E-state index in [4.69, 9.17) is 9.72 Å². The number of hydrogen-bond donors (Lipinski definition) is 1. The van der Waals surface area contributed by atoms with Gasteiger partial charge >= 0.3 is 0 Å². The third-order valence-electron chi connectivity index (χ3n) is 3.62. The number of rotatable bonds is 2. The van der Waals surface area contributed by atoms with Crippen molar-refractivity contribution in [3.63, 3.8) is 0 Å². The van der Waals surface area contributed by atoms with E-state index in [2.05, 4.69) is 22.2 Å². The normalized spacial score (nSPS) is 24.0. The monoisotopic (exact) mass is 234 g/mol. The first-order valence-corrected chi connectivity index (χ1v) is 6.11. The third-order valence-corrected chi connectivity index (χ3v) is 3.62. The minimum absolute atomic E-state index is 0.458. The highest BCUT2D eigenvalue weighted by Crippen LogP contribution is 2.29. The van der Waals surface area contributed by atoms with E-state index in [0.717, 1.165) is 55.6 Å². The molecule has 2 aliphatic heterocycles. The summed E-state index contributed by atoms with van der Waals surface area (Å²) in [5.74, 6) is 2.16. The highest BCUT2D eigenvalue weighted by molar-refractivity contribution is 5.34. The molecule has 1 aromatic heterocycles. The van der Waals surface area contributed by atoms with Crippen molar-refractivity contribution in [2.75, 3.05) is 27.2 Å². The van der Waals surface area contributed by atoms with Gasteiger partial charge < -0.3 is 15.0 Å². The molecule has 0 aromatic carbocycles. The van der Waals surface area contributed by atoms with Crippen LogP contribution in [-0.4, -0.2) is 42.1 Å². The summed E-state index contributed by atoms with van der Waals surface area (Å²) in [7, 11) is 3.83. The second kappa shape index (κ2) is 4.23. The molecule has 0 saturated carbocycles. The summed E-state index contributed by atoms with van der Waals surface area (Å²) in [4.78, 5) is 11.6. The molecule has 1 unspecified atom stereocenters. The minimum Gasteiger partial charge on any atom is -0.481 e. The van der Waals surface area contributed by atoms with Crippen molar-refractivity contribution >= 4 is 0 Å². The molecule has 0 bridgehead atoms. The fourth-order valence-corrected chi connectivity index (χ4v) is 2.65. The number of nitrogens with zero attached hydrogens (tertiary/aromatic N) is 3. The van der Waals surface area contributed by atoms with E-state index in [-0.39, 0.29) is 0 Å². The Morgan fingerprint density at radius 3 is 2.94 bits per heavy atom. The molecule has 17 heavy (non-hydrogen) atoms. The van der Waals surface area contributed by atoms with Crippen molar-refractivity contribution < 1.29 is 4.74 Å². The molecule has 0 aliphatic carbocycles. The van der Waals surface area contributed by atoms with Gasteiger partial charge in [-0.05, 0) is 20.0 Å². The van der Waals surface area contributed by atoms with Crippen LogP contribution in [0.5, 0.6) is 5.88 Å². The summed E-state index contributed by atoms with van der Waals surface area (Å²) in [5.41, 5.74) is 2.24. The van der Waals surface area contributed by atoms with Gasteiger partial charge in [-0.3, -0.25) is 0 Å². The molecule has 92 valence electrons. The highest BCUT2D eigenvalue weighted by Gasteiger charge is 2.27. The van der Waals surface area contributed by atoms with Crippen molar-refractivity contribution in [2.45, 2.75) is 25.4 Å². The minimum atomic E-state index is 0.458. The Morgan fingerprint density at radius 1 is 1.35 bits per heavy atom. The van der Waals surface area contributed by atoms with Gasteiger partial charge in [0.2, 0.25) is 5.88 Å². The number of likely N-dealkylation sites (tertiary alicyclic amines) is 1. The third kappa shape index (κ3) is 1.89. The van der Waals surface area contributed by atoms with Crippen LogP contribution < -0.4 is 10.1 Å². The molecule has 0 radical (unpaired) electrons. The molecule has 5 heteroatoms. The lowest BCUT2D eigenvalue weighted by molar-refractivity contribution is 0.384. The lowest BCUT2D eigenvalue weighted by atomic mass is 10.1. The zero-order chi connectivity index (χ0) is 11.8. The average molecular weight is 234 g/mol. The quantitative estimate of drug-likeness (QED) is 0.808. The molecule has 0 amide bonds. The molecule has 1 aromatic rings. The molecule has 0 spiro atoms. The second-order valence-corrected chi connectivity index (χ2v) is 4.87. The van der Waals surface area contributed by atoms with E-state index in [1.54, 1.807) is 7.11 Å². The van der Waals surface area contributed by atoms with Crippen molar-refractivity contribution in [1.82, 2.24) is 20.2 Å². The number of likely N-dealkylation sites (N-methyl/N-ethyl adjacent to an activating group) is 1. The molecular weight excluding hydrogens is 216 g/mol. The number of methoxy groups -OCH3 is 1. The smallest absolute Gasteiger partial charge is 0.221 e. The van der Waals surface area contributed by atoms with E-state index in [9.17, 15) is 0 Å². The molecule has 3 rings (SSSR count). The maximum Gasteiger partial charge on any atom is 0.221 e. The largest absolute Gasteiger partial charge is 0.481 e. The van der Waals surface area contributed by atoms with Crippen LogP contribution in [0.2, 0.25) is 0 Å². The Bertz CT molecular complexity index is 435. The van der Waals surface area contributed by atoms with Gasteiger partial charge in [0.05, 0.1) is 18.4 Å². The Morgan fingerprint density at radius 2 is 2.24 bits per heavy atom. The summed E-state index contributed by atoms with van der Waals surface area (Å²) < 4.78 is 5.38. The van der Waals surface area contributed by atoms with Crippen LogP contribution in [0, 0.1) is 0 Å². The number of hydrogen-bond acceptors (Lipinski definition) is 5. The summed E-state index contributed by atoms with van der Waals surface area (Å²) in [5, 5.41) is 3.30. The zero-order valence-corrected chi connectivity index (χ0v) is 10.4. The number of aromatic nitrogens is 2. The molecule has 2 aliphatic rings. The standard InChI is InChI=1S/C12H18N4O/c1-16-4-3-8(7-16)11-14-10-6-13-5-9(10)12(15-11)17-2/h8,13H,3-7H2,1-2H3. The van der Waals surface area contributed by atoms with Crippen LogP contribution >= 0.6 is 0 Å². The van der Waals surface area contributed by atoms with Crippen molar-refractivity contribution in [3.8, 4) is 5.88 Å². The average Bonchev–Trinajstić information content (AvgIpc) is 2.95. The topological polar surface area (TPSA) is 50.3 Å². The first-order valence-electron chi connectivity index (χ1n) is 6.11. The van der Waals surface area contributed by atoms with Gasteiger partial charge in [0.1, 0.15) is 5.82 Å². The summed E-state index contributed by atoms with van der Waals surface area (Å²) >= 11 is 0.